The number of nitrogens with zero attached hydrogens (tertiary/aromatic N) is 3. The Labute approximate surface area is 99.9 Å². The van der Waals surface area contributed by atoms with E-state index in [0.29, 0.717) is 17.8 Å². The summed E-state index contributed by atoms with van der Waals surface area (Å²) >= 11 is 5.91. The summed E-state index contributed by atoms with van der Waals surface area (Å²) in [6, 6.07) is 0.613. The SMILES string of the molecule is ClCc1nnc(C2CCOCC2)n1C1CC1. The van der Waals surface area contributed by atoms with Crippen LogP contribution in [0.5, 0.6) is 0 Å². The highest BCUT2D eigenvalue weighted by molar-refractivity contribution is 6.16. The van der Waals surface area contributed by atoms with Crippen molar-refractivity contribution < 1.29 is 4.74 Å². The molecule has 0 unspecified atom stereocenters. The first-order valence-electron chi connectivity index (χ1n) is 5.97. The van der Waals surface area contributed by atoms with Gasteiger partial charge in [0, 0.05) is 25.2 Å². The Morgan fingerprint density at radius 3 is 2.56 bits per heavy atom. The van der Waals surface area contributed by atoms with Gasteiger partial charge in [-0.05, 0) is 25.7 Å². The van der Waals surface area contributed by atoms with Gasteiger partial charge in [0.15, 0.2) is 0 Å². The quantitative estimate of drug-likeness (QED) is 0.762. The fourth-order valence-corrected chi connectivity index (χ4v) is 2.58. The molecule has 4 nitrogen and oxygen atoms in total. The first-order valence-corrected chi connectivity index (χ1v) is 6.51. The zero-order valence-corrected chi connectivity index (χ0v) is 9.99. The second kappa shape index (κ2) is 4.34. The van der Waals surface area contributed by atoms with Crippen LogP contribution in [-0.4, -0.2) is 28.0 Å². The maximum absolute atomic E-state index is 5.91. The van der Waals surface area contributed by atoms with Crippen LogP contribution in [0.2, 0.25) is 0 Å². The van der Waals surface area contributed by atoms with E-state index in [9.17, 15) is 0 Å². The van der Waals surface area contributed by atoms with Crippen LogP contribution in [0.3, 0.4) is 0 Å². The Hall–Kier alpha value is -0.610. The number of aromatic nitrogens is 3. The third kappa shape index (κ3) is 1.84. The molecule has 1 saturated carbocycles. The van der Waals surface area contributed by atoms with E-state index in [1.807, 2.05) is 0 Å². The summed E-state index contributed by atoms with van der Waals surface area (Å²) in [6.07, 6.45) is 4.62. The maximum atomic E-state index is 5.91. The van der Waals surface area contributed by atoms with Gasteiger partial charge in [0.1, 0.15) is 11.6 Å². The fourth-order valence-electron chi connectivity index (χ4n) is 2.39. The number of alkyl halides is 1. The minimum absolute atomic E-state index is 0.465. The number of hydrogen-bond donors (Lipinski definition) is 0. The summed E-state index contributed by atoms with van der Waals surface area (Å²) in [7, 11) is 0. The number of rotatable bonds is 3. The highest BCUT2D eigenvalue weighted by Crippen LogP contribution is 2.39. The van der Waals surface area contributed by atoms with Crippen molar-refractivity contribution in [2.45, 2.75) is 43.5 Å². The molecule has 0 N–H and O–H groups in total. The van der Waals surface area contributed by atoms with Crippen molar-refractivity contribution >= 4 is 11.6 Å². The van der Waals surface area contributed by atoms with E-state index in [1.165, 1.54) is 12.8 Å². The van der Waals surface area contributed by atoms with E-state index in [-0.39, 0.29) is 0 Å². The molecule has 2 fully saturated rings. The van der Waals surface area contributed by atoms with Crippen molar-refractivity contribution in [3.05, 3.63) is 11.6 Å². The highest BCUT2D eigenvalue weighted by atomic mass is 35.5. The van der Waals surface area contributed by atoms with E-state index in [2.05, 4.69) is 14.8 Å². The van der Waals surface area contributed by atoms with Gasteiger partial charge in [0.25, 0.3) is 0 Å². The minimum Gasteiger partial charge on any atom is -0.381 e. The summed E-state index contributed by atoms with van der Waals surface area (Å²) in [5.74, 6) is 3.05. The van der Waals surface area contributed by atoms with Crippen LogP contribution >= 0.6 is 11.6 Å². The summed E-state index contributed by atoms with van der Waals surface area (Å²) in [5, 5.41) is 8.56. The van der Waals surface area contributed by atoms with Crippen molar-refractivity contribution in [2.75, 3.05) is 13.2 Å². The Morgan fingerprint density at radius 2 is 1.94 bits per heavy atom. The summed E-state index contributed by atoms with van der Waals surface area (Å²) < 4.78 is 7.67. The molecule has 2 aliphatic rings. The number of hydrogen-bond acceptors (Lipinski definition) is 3. The van der Waals surface area contributed by atoms with E-state index >= 15 is 0 Å². The summed E-state index contributed by atoms with van der Waals surface area (Å²) in [4.78, 5) is 0. The van der Waals surface area contributed by atoms with Crippen LogP contribution in [0.25, 0.3) is 0 Å². The normalized spacial score (nSPS) is 22.6. The summed E-state index contributed by atoms with van der Waals surface area (Å²) in [6.45, 7) is 1.69. The van der Waals surface area contributed by atoms with E-state index in [4.69, 9.17) is 16.3 Å². The van der Waals surface area contributed by atoms with Gasteiger partial charge in [0.2, 0.25) is 0 Å². The lowest BCUT2D eigenvalue weighted by Gasteiger charge is -2.22. The first-order chi connectivity index (χ1) is 7.90. The van der Waals surface area contributed by atoms with E-state index in [0.717, 1.165) is 37.7 Å². The van der Waals surface area contributed by atoms with Gasteiger partial charge in [-0.1, -0.05) is 0 Å². The van der Waals surface area contributed by atoms with Crippen LogP contribution in [0, 0.1) is 0 Å². The molecule has 1 aromatic heterocycles. The van der Waals surface area contributed by atoms with Gasteiger partial charge < -0.3 is 9.30 Å². The topological polar surface area (TPSA) is 39.9 Å². The molecule has 1 aliphatic carbocycles. The Morgan fingerprint density at radius 1 is 1.19 bits per heavy atom. The Kier molecular flexibility index (Phi) is 2.86. The van der Waals surface area contributed by atoms with E-state index in [1.54, 1.807) is 0 Å². The molecule has 0 spiro atoms. The smallest absolute Gasteiger partial charge is 0.148 e. The van der Waals surface area contributed by atoms with Gasteiger partial charge in [-0.2, -0.15) is 0 Å². The maximum Gasteiger partial charge on any atom is 0.148 e. The number of halogens is 1. The van der Waals surface area contributed by atoms with Crippen molar-refractivity contribution in [2.24, 2.45) is 0 Å². The average Bonchev–Trinajstić information content (AvgIpc) is 3.09. The highest BCUT2D eigenvalue weighted by Gasteiger charge is 2.32. The Bertz CT molecular complexity index is 369. The molecule has 0 amide bonds. The molecule has 88 valence electrons. The van der Waals surface area contributed by atoms with Crippen molar-refractivity contribution in [3.63, 3.8) is 0 Å². The number of ether oxygens (including phenoxy) is 1. The second-order valence-corrected chi connectivity index (χ2v) is 4.86. The zero-order valence-electron chi connectivity index (χ0n) is 9.23. The van der Waals surface area contributed by atoms with Crippen LogP contribution in [0.4, 0.5) is 0 Å². The monoisotopic (exact) mass is 241 g/mol. The Balaban J connectivity index is 1.89. The fraction of sp³-hybridized carbons (Fsp3) is 0.818. The van der Waals surface area contributed by atoms with Gasteiger partial charge in [-0.3, -0.25) is 0 Å². The molecular weight excluding hydrogens is 226 g/mol. The van der Waals surface area contributed by atoms with Gasteiger partial charge in [-0.15, -0.1) is 21.8 Å². The third-order valence-electron chi connectivity index (χ3n) is 3.41. The van der Waals surface area contributed by atoms with Crippen molar-refractivity contribution in [1.29, 1.82) is 0 Å². The molecule has 1 saturated heterocycles. The molecule has 3 rings (SSSR count). The molecule has 0 aromatic carbocycles. The lowest BCUT2D eigenvalue weighted by atomic mass is 9.99. The molecule has 0 atom stereocenters. The first kappa shape index (κ1) is 10.5. The third-order valence-corrected chi connectivity index (χ3v) is 3.65. The van der Waals surface area contributed by atoms with E-state index < -0.39 is 0 Å². The molecule has 5 heteroatoms. The van der Waals surface area contributed by atoms with Gasteiger partial charge in [0.05, 0.1) is 5.88 Å². The van der Waals surface area contributed by atoms with Crippen molar-refractivity contribution in [1.82, 2.24) is 14.8 Å². The van der Waals surface area contributed by atoms with Crippen LogP contribution in [0.1, 0.15) is 49.3 Å². The lowest BCUT2D eigenvalue weighted by molar-refractivity contribution is 0.0827. The molecule has 0 bridgehead atoms. The molecule has 0 radical (unpaired) electrons. The average molecular weight is 242 g/mol. The minimum atomic E-state index is 0.465. The van der Waals surface area contributed by atoms with Crippen molar-refractivity contribution in [3.8, 4) is 0 Å². The van der Waals surface area contributed by atoms with Crippen LogP contribution in [0.15, 0.2) is 0 Å². The molecule has 16 heavy (non-hydrogen) atoms. The molecule has 1 aromatic rings. The molecule has 1 aliphatic heterocycles. The molecular formula is C11H16ClN3O. The predicted molar refractivity (Wildman–Crippen MR) is 60.6 cm³/mol. The van der Waals surface area contributed by atoms with Gasteiger partial charge >= 0.3 is 0 Å². The summed E-state index contributed by atoms with van der Waals surface area (Å²) in [5.41, 5.74) is 0. The largest absolute Gasteiger partial charge is 0.381 e. The zero-order chi connectivity index (χ0) is 11.0. The molecule has 2 heterocycles. The van der Waals surface area contributed by atoms with Gasteiger partial charge in [-0.25, -0.2) is 0 Å². The standard InChI is InChI=1S/C11H16ClN3O/c12-7-10-13-14-11(15(10)9-1-2-9)8-3-5-16-6-4-8/h8-9H,1-7H2. The predicted octanol–water partition coefficient (Wildman–Crippen LogP) is 2.25. The van der Waals surface area contributed by atoms with Crippen LogP contribution in [-0.2, 0) is 10.6 Å². The lowest BCUT2D eigenvalue weighted by Crippen LogP contribution is -2.18. The second-order valence-electron chi connectivity index (χ2n) is 4.60. The van der Waals surface area contributed by atoms with Crippen LogP contribution < -0.4 is 0 Å².